The number of urea groups is 1. The lowest BCUT2D eigenvalue weighted by atomic mass is 10.3. The third-order valence-electron chi connectivity index (χ3n) is 3.71. The van der Waals surface area contributed by atoms with Crippen LogP contribution in [0.15, 0.2) is 12.5 Å². The highest BCUT2D eigenvalue weighted by Gasteiger charge is 2.26. The van der Waals surface area contributed by atoms with Crippen molar-refractivity contribution in [3.05, 3.63) is 17.5 Å². The van der Waals surface area contributed by atoms with E-state index in [9.17, 15) is 4.79 Å². The van der Waals surface area contributed by atoms with Gasteiger partial charge in [0.15, 0.2) is 5.82 Å². The Bertz CT molecular complexity index is 488. The summed E-state index contributed by atoms with van der Waals surface area (Å²) in [6.07, 6.45) is 3.09. The van der Waals surface area contributed by atoms with Gasteiger partial charge in [0.05, 0.1) is 6.20 Å². The van der Waals surface area contributed by atoms with Gasteiger partial charge < -0.3 is 14.7 Å². The average molecular weight is 312 g/mol. The molecule has 21 heavy (non-hydrogen) atoms. The zero-order valence-corrected chi connectivity index (χ0v) is 13.5. The number of halogens is 1. The van der Waals surface area contributed by atoms with Crippen molar-refractivity contribution in [3.63, 3.8) is 0 Å². The Labute approximate surface area is 130 Å². The Morgan fingerprint density at radius 3 is 2.57 bits per heavy atom. The second-order valence-electron chi connectivity index (χ2n) is 5.33. The van der Waals surface area contributed by atoms with Crippen molar-refractivity contribution < 1.29 is 4.79 Å². The first-order valence-corrected chi connectivity index (χ1v) is 7.68. The molecule has 0 unspecified atom stereocenters. The van der Waals surface area contributed by atoms with E-state index >= 15 is 0 Å². The maximum atomic E-state index is 12.5. The van der Waals surface area contributed by atoms with Crippen molar-refractivity contribution in [2.75, 3.05) is 37.6 Å². The molecule has 0 saturated carbocycles. The van der Waals surface area contributed by atoms with Crippen molar-refractivity contribution in [1.29, 1.82) is 0 Å². The van der Waals surface area contributed by atoms with Crippen LogP contribution in [0.25, 0.3) is 0 Å². The lowest BCUT2D eigenvalue weighted by molar-refractivity contribution is 0.140. The number of carbonyl (C=O) groups excluding carboxylic acids is 1. The van der Waals surface area contributed by atoms with Gasteiger partial charge in [0.1, 0.15) is 11.3 Å². The molecule has 1 aliphatic heterocycles. The third-order valence-corrected chi connectivity index (χ3v) is 3.97. The number of anilines is 1. The van der Waals surface area contributed by atoms with Gasteiger partial charge in [-0.15, -0.1) is 0 Å². The summed E-state index contributed by atoms with van der Waals surface area (Å²) < 4.78 is 0. The summed E-state index contributed by atoms with van der Waals surface area (Å²) >= 11 is 6.12. The second kappa shape index (κ2) is 6.93. The van der Waals surface area contributed by atoms with E-state index < -0.39 is 0 Å². The molecule has 7 heteroatoms. The van der Waals surface area contributed by atoms with Crippen molar-refractivity contribution >= 4 is 23.4 Å². The van der Waals surface area contributed by atoms with Crippen LogP contribution < -0.4 is 4.90 Å². The monoisotopic (exact) mass is 311 g/mol. The van der Waals surface area contributed by atoms with Crippen molar-refractivity contribution in [3.8, 4) is 0 Å². The molecular weight excluding hydrogens is 290 g/mol. The van der Waals surface area contributed by atoms with Crippen molar-refractivity contribution in [1.82, 2.24) is 19.8 Å². The van der Waals surface area contributed by atoms with Gasteiger partial charge in [-0.05, 0) is 20.8 Å². The molecule has 1 aromatic rings. The number of hydrogen-bond donors (Lipinski definition) is 0. The van der Waals surface area contributed by atoms with Crippen LogP contribution in [-0.2, 0) is 0 Å². The second-order valence-corrected chi connectivity index (χ2v) is 5.74. The van der Waals surface area contributed by atoms with Gasteiger partial charge in [0.2, 0.25) is 0 Å². The number of nitrogens with zero attached hydrogens (tertiary/aromatic N) is 5. The first-order chi connectivity index (χ1) is 10.0. The Kier molecular flexibility index (Phi) is 5.22. The molecule has 0 N–H and O–H groups in total. The number of amides is 2. The Hall–Kier alpha value is -1.56. The van der Waals surface area contributed by atoms with Gasteiger partial charge in [-0.2, -0.15) is 0 Å². The largest absolute Gasteiger partial charge is 0.352 e. The molecule has 0 radical (unpaired) electrons. The maximum Gasteiger partial charge on any atom is 0.320 e. The lowest BCUT2D eigenvalue weighted by Crippen LogP contribution is -2.54. The number of carbonyl (C=O) groups is 1. The average Bonchev–Trinajstić information content (AvgIpc) is 2.48. The molecule has 1 aliphatic rings. The van der Waals surface area contributed by atoms with E-state index in [0.29, 0.717) is 18.1 Å². The topological polar surface area (TPSA) is 52.6 Å². The lowest BCUT2D eigenvalue weighted by Gasteiger charge is -2.39. The molecule has 1 saturated heterocycles. The van der Waals surface area contributed by atoms with E-state index in [4.69, 9.17) is 11.6 Å². The highest BCUT2D eigenvalue weighted by molar-refractivity contribution is 6.32. The molecule has 0 bridgehead atoms. The van der Waals surface area contributed by atoms with E-state index in [-0.39, 0.29) is 12.1 Å². The molecule has 0 aliphatic carbocycles. The van der Waals surface area contributed by atoms with Crippen molar-refractivity contribution in [2.24, 2.45) is 0 Å². The summed E-state index contributed by atoms with van der Waals surface area (Å²) in [5, 5.41) is 0.551. The predicted molar refractivity (Wildman–Crippen MR) is 83.7 cm³/mol. The molecule has 1 aromatic heterocycles. The summed E-state index contributed by atoms with van der Waals surface area (Å²) in [5.74, 6) is 0.745. The number of rotatable bonds is 3. The maximum absolute atomic E-state index is 12.5. The molecule has 0 atom stereocenters. The molecule has 2 heterocycles. The van der Waals surface area contributed by atoms with Gasteiger partial charge in [-0.1, -0.05) is 11.6 Å². The quantitative estimate of drug-likeness (QED) is 0.858. The smallest absolute Gasteiger partial charge is 0.320 e. The van der Waals surface area contributed by atoms with Gasteiger partial charge in [0, 0.05) is 38.8 Å². The summed E-state index contributed by atoms with van der Waals surface area (Å²) in [7, 11) is 0. The Morgan fingerprint density at radius 1 is 1.38 bits per heavy atom. The molecule has 0 spiro atoms. The molecule has 2 amide bonds. The van der Waals surface area contributed by atoms with E-state index in [0.717, 1.165) is 25.5 Å². The van der Waals surface area contributed by atoms with Crippen LogP contribution in [0.3, 0.4) is 0 Å². The summed E-state index contributed by atoms with van der Waals surface area (Å²) in [6.45, 7) is 9.65. The SMILES string of the molecule is CCN(C(=O)N1CCN(c2ncncc2Cl)CC1)C(C)C. The molecule has 1 fully saturated rings. The van der Waals surface area contributed by atoms with Crippen LogP contribution >= 0.6 is 11.6 Å². The van der Waals surface area contributed by atoms with E-state index in [1.165, 1.54) is 6.33 Å². The highest BCUT2D eigenvalue weighted by Crippen LogP contribution is 2.22. The fraction of sp³-hybridized carbons (Fsp3) is 0.643. The van der Waals surface area contributed by atoms with Crippen LogP contribution in [0.1, 0.15) is 20.8 Å². The summed E-state index contributed by atoms with van der Waals surface area (Å²) in [5.41, 5.74) is 0. The number of hydrogen-bond acceptors (Lipinski definition) is 4. The Morgan fingerprint density at radius 2 is 2.05 bits per heavy atom. The first-order valence-electron chi connectivity index (χ1n) is 7.30. The minimum absolute atomic E-state index is 0.112. The predicted octanol–water partition coefficient (Wildman–Crippen LogP) is 2.10. The Balaban J connectivity index is 1.97. The third kappa shape index (κ3) is 3.56. The normalized spacial score (nSPS) is 15.5. The minimum atomic E-state index is 0.112. The minimum Gasteiger partial charge on any atom is -0.352 e. The van der Waals surface area contributed by atoms with Gasteiger partial charge in [0.25, 0.3) is 0 Å². The first kappa shape index (κ1) is 15.8. The fourth-order valence-electron chi connectivity index (χ4n) is 2.55. The van der Waals surface area contributed by atoms with E-state index in [2.05, 4.69) is 14.9 Å². The zero-order chi connectivity index (χ0) is 15.4. The van der Waals surface area contributed by atoms with Crippen LogP contribution in [0.2, 0.25) is 5.02 Å². The molecule has 6 nitrogen and oxygen atoms in total. The van der Waals surface area contributed by atoms with Gasteiger partial charge in [-0.25, -0.2) is 14.8 Å². The van der Waals surface area contributed by atoms with E-state index in [1.807, 2.05) is 30.6 Å². The summed E-state index contributed by atoms with van der Waals surface area (Å²) in [4.78, 5) is 26.5. The molecule has 0 aromatic carbocycles. The van der Waals surface area contributed by atoms with Crippen LogP contribution in [0.4, 0.5) is 10.6 Å². The van der Waals surface area contributed by atoms with E-state index in [1.54, 1.807) is 6.20 Å². The van der Waals surface area contributed by atoms with Crippen LogP contribution in [-0.4, -0.2) is 64.6 Å². The standard InChI is InChI=1S/C14H22ClN5O/c1-4-20(11(2)3)14(21)19-7-5-18(6-8-19)13-12(15)9-16-10-17-13/h9-11H,4-8H2,1-3H3. The zero-order valence-electron chi connectivity index (χ0n) is 12.8. The van der Waals surface area contributed by atoms with Crippen molar-refractivity contribution in [2.45, 2.75) is 26.8 Å². The molecular formula is C14H22ClN5O. The number of piperazine rings is 1. The van der Waals surface area contributed by atoms with Crippen LogP contribution in [0, 0.1) is 0 Å². The molecule has 116 valence electrons. The van der Waals surface area contributed by atoms with Gasteiger partial charge in [-0.3, -0.25) is 0 Å². The van der Waals surface area contributed by atoms with Crippen LogP contribution in [0.5, 0.6) is 0 Å². The fourth-order valence-corrected chi connectivity index (χ4v) is 2.78. The summed E-state index contributed by atoms with van der Waals surface area (Å²) in [6, 6.07) is 0.331. The number of aromatic nitrogens is 2. The molecule has 2 rings (SSSR count). The highest BCUT2D eigenvalue weighted by atomic mass is 35.5. The van der Waals surface area contributed by atoms with Gasteiger partial charge >= 0.3 is 6.03 Å².